The average Bonchev–Trinajstić information content (AvgIpc) is 3.97. The van der Waals surface area contributed by atoms with Gasteiger partial charge in [0.1, 0.15) is 17.2 Å². The van der Waals surface area contributed by atoms with E-state index in [0.717, 1.165) is 37.7 Å². The van der Waals surface area contributed by atoms with Gasteiger partial charge in [-0.25, -0.2) is 24.1 Å². The first-order valence-electron chi connectivity index (χ1n) is 16.2. The van der Waals surface area contributed by atoms with Crippen LogP contribution < -0.4 is 15.4 Å². The van der Waals surface area contributed by atoms with Crippen LogP contribution in [0.1, 0.15) is 58.4 Å². The number of nitrogens with zero attached hydrogens (tertiary/aromatic N) is 4. The Morgan fingerprint density at radius 1 is 1.04 bits per heavy atom. The second kappa shape index (κ2) is 11.8. The number of ether oxygens (including phenoxy) is 2. The lowest BCUT2D eigenvalue weighted by Gasteiger charge is -2.34. The summed E-state index contributed by atoms with van der Waals surface area (Å²) in [5, 5.41) is 7.48. The Kier molecular flexibility index (Phi) is 7.72. The van der Waals surface area contributed by atoms with Crippen LogP contribution in [0, 0.1) is 24.1 Å². The first-order chi connectivity index (χ1) is 22.5. The lowest BCUT2D eigenvalue weighted by Crippen LogP contribution is -2.47. The molecule has 10 nitrogen and oxygen atoms in total. The number of hydrogen-bond acceptors (Lipinski definition) is 8. The van der Waals surface area contributed by atoms with Crippen LogP contribution in [-0.2, 0) is 9.53 Å². The molecule has 2 aromatic carbocycles. The molecule has 4 aromatic rings. The minimum atomic E-state index is -0.563. The quantitative estimate of drug-likeness (QED) is 0.214. The number of hydrogen-bond donors (Lipinski definition) is 2. The van der Waals surface area contributed by atoms with Gasteiger partial charge in [0, 0.05) is 48.2 Å². The van der Waals surface area contributed by atoms with Gasteiger partial charge in [-0.2, -0.15) is 0 Å². The van der Waals surface area contributed by atoms with Crippen molar-refractivity contribution in [1.29, 1.82) is 0 Å². The summed E-state index contributed by atoms with van der Waals surface area (Å²) in [7, 11) is 0. The van der Waals surface area contributed by atoms with Gasteiger partial charge in [0.15, 0.2) is 0 Å². The molecule has 3 aliphatic rings. The topological polar surface area (TPSA) is 119 Å². The van der Waals surface area contributed by atoms with Gasteiger partial charge in [-0.1, -0.05) is 12.1 Å². The molecule has 2 saturated carbocycles. The number of carbonyl (C=O) groups excluding carboxylic acids is 2. The molecule has 1 saturated heterocycles. The summed E-state index contributed by atoms with van der Waals surface area (Å²) in [5.74, 6) is 0.614. The summed E-state index contributed by atoms with van der Waals surface area (Å²) in [6.07, 6.45) is 7.70. The van der Waals surface area contributed by atoms with Crippen LogP contribution >= 0.6 is 0 Å². The Labute approximate surface area is 273 Å². The highest BCUT2D eigenvalue weighted by atomic mass is 19.1. The van der Waals surface area contributed by atoms with Crippen LogP contribution in [0.15, 0.2) is 54.9 Å². The highest BCUT2D eigenvalue weighted by molar-refractivity contribution is 6.06. The predicted octanol–water partition coefficient (Wildman–Crippen LogP) is 7.48. The molecular formula is C36H39FN6O4. The molecule has 0 bridgehead atoms. The smallest absolute Gasteiger partial charge is 0.410 e. The third kappa shape index (κ3) is 6.43. The Balaban J connectivity index is 1.12. The number of rotatable bonds is 7. The third-order valence-electron chi connectivity index (χ3n) is 9.25. The van der Waals surface area contributed by atoms with Crippen LogP contribution in [0.25, 0.3) is 22.0 Å². The van der Waals surface area contributed by atoms with Gasteiger partial charge in [0.05, 0.1) is 16.9 Å². The average molecular weight is 639 g/mol. The molecule has 2 N–H and O–H groups in total. The zero-order valence-electron chi connectivity index (χ0n) is 27.1. The van der Waals surface area contributed by atoms with E-state index >= 15 is 4.39 Å². The SMILES string of the molecule is Cc1ccc2c(NC(=O)[C@@H]3CC34CC4)c(F)ccc2c1Oc1ncccc1-c1ccnc(N[C@H]2CCCN(C(=O)OC(C)(C)C)C2)n1. The molecule has 47 heavy (non-hydrogen) atoms. The maximum atomic E-state index is 15.1. The van der Waals surface area contributed by atoms with E-state index in [-0.39, 0.29) is 35.1 Å². The predicted molar refractivity (Wildman–Crippen MR) is 177 cm³/mol. The third-order valence-corrected chi connectivity index (χ3v) is 9.25. The monoisotopic (exact) mass is 638 g/mol. The first-order valence-corrected chi connectivity index (χ1v) is 16.2. The number of nitrogens with one attached hydrogen (secondary N) is 2. The van der Waals surface area contributed by atoms with Crippen molar-refractivity contribution in [3.8, 4) is 22.9 Å². The number of piperidine rings is 1. The van der Waals surface area contributed by atoms with Gasteiger partial charge < -0.3 is 25.0 Å². The van der Waals surface area contributed by atoms with Gasteiger partial charge in [0.25, 0.3) is 0 Å². The van der Waals surface area contributed by atoms with Crippen LogP contribution in [0.3, 0.4) is 0 Å². The fraction of sp³-hybridized carbons (Fsp3) is 0.417. The fourth-order valence-electron chi connectivity index (χ4n) is 6.48. The number of amides is 2. The molecule has 3 fully saturated rings. The number of aromatic nitrogens is 3. The number of benzene rings is 2. The van der Waals surface area contributed by atoms with Crippen LogP contribution in [0.2, 0.25) is 0 Å². The summed E-state index contributed by atoms with van der Waals surface area (Å²) < 4.78 is 27.2. The van der Waals surface area contributed by atoms with Crippen molar-refractivity contribution >= 4 is 34.4 Å². The minimum Gasteiger partial charge on any atom is -0.444 e. The second-order valence-electron chi connectivity index (χ2n) is 14.0. The summed E-state index contributed by atoms with van der Waals surface area (Å²) in [6.45, 7) is 8.61. The van der Waals surface area contributed by atoms with E-state index in [1.165, 1.54) is 6.07 Å². The van der Waals surface area contributed by atoms with Gasteiger partial charge in [-0.05, 0) is 101 Å². The molecule has 3 heterocycles. The van der Waals surface area contributed by atoms with E-state index in [1.54, 1.807) is 35.5 Å². The molecule has 2 aromatic heterocycles. The Bertz CT molecular complexity index is 1870. The highest BCUT2D eigenvalue weighted by Crippen LogP contribution is 2.70. The van der Waals surface area contributed by atoms with Gasteiger partial charge >= 0.3 is 6.09 Å². The molecule has 244 valence electrons. The zero-order valence-corrected chi connectivity index (χ0v) is 27.1. The largest absolute Gasteiger partial charge is 0.444 e. The number of pyridine rings is 1. The van der Waals surface area contributed by atoms with Crippen LogP contribution in [-0.4, -0.2) is 56.6 Å². The standard InChI is InChI=1S/C36H39FN6O4/c1-21-9-10-23-24(11-12-27(37)29(23)42-31(44)26-19-36(26)14-15-36)30(21)46-32-25(8-5-16-38-32)28-13-17-39-33(41-28)40-22-7-6-18-43(20-22)34(45)47-35(2,3)4/h5,8-13,16-17,22,26H,6-7,14-15,18-20H2,1-4H3,(H,42,44)(H,39,40,41)/t22-,26-/m0/s1. The molecule has 0 radical (unpaired) electrons. The molecule has 2 amide bonds. The summed E-state index contributed by atoms with van der Waals surface area (Å²) in [4.78, 5) is 41.1. The van der Waals surface area contributed by atoms with Gasteiger partial charge in [-0.15, -0.1) is 0 Å². The maximum Gasteiger partial charge on any atom is 0.410 e. The van der Waals surface area contributed by atoms with E-state index in [0.29, 0.717) is 52.7 Å². The Morgan fingerprint density at radius 3 is 2.62 bits per heavy atom. The number of carbonyl (C=O) groups is 2. The summed E-state index contributed by atoms with van der Waals surface area (Å²) in [5.41, 5.74) is 1.84. The lowest BCUT2D eigenvalue weighted by molar-refractivity contribution is -0.117. The molecule has 2 atom stereocenters. The molecule has 0 unspecified atom stereocenters. The summed E-state index contributed by atoms with van der Waals surface area (Å²) >= 11 is 0. The maximum absolute atomic E-state index is 15.1. The zero-order chi connectivity index (χ0) is 32.9. The minimum absolute atomic E-state index is 0.0383. The molecule has 1 aliphatic heterocycles. The number of anilines is 2. The first kappa shape index (κ1) is 30.8. The van der Waals surface area contributed by atoms with E-state index in [4.69, 9.17) is 14.5 Å². The molecule has 11 heteroatoms. The van der Waals surface area contributed by atoms with Gasteiger partial charge in [-0.3, -0.25) is 4.79 Å². The number of aryl methyl sites for hydroxylation is 1. The van der Waals surface area contributed by atoms with Crippen molar-refractivity contribution in [3.63, 3.8) is 0 Å². The summed E-state index contributed by atoms with van der Waals surface area (Å²) in [6, 6.07) is 12.1. The van der Waals surface area contributed by atoms with E-state index in [1.807, 2.05) is 45.9 Å². The second-order valence-corrected chi connectivity index (χ2v) is 14.0. The highest BCUT2D eigenvalue weighted by Gasteiger charge is 2.65. The van der Waals surface area contributed by atoms with E-state index < -0.39 is 11.4 Å². The fourth-order valence-corrected chi connectivity index (χ4v) is 6.48. The molecule has 7 rings (SSSR count). The molecular weight excluding hydrogens is 599 g/mol. The van der Waals surface area contributed by atoms with Crippen molar-refractivity contribution in [1.82, 2.24) is 19.9 Å². The van der Waals surface area contributed by atoms with Crippen molar-refractivity contribution in [2.45, 2.75) is 71.4 Å². The van der Waals surface area contributed by atoms with Crippen LogP contribution in [0.4, 0.5) is 20.8 Å². The number of fused-ring (bicyclic) bond motifs is 1. The number of halogens is 1. The van der Waals surface area contributed by atoms with Crippen molar-refractivity contribution in [3.05, 3.63) is 66.2 Å². The Morgan fingerprint density at radius 2 is 1.85 bits per heavy atom. The van der Waals surface area contributed by atoms with E-state index in [2.05, 4.69) is 20.6 Å². The van der Waals surface area contributed by atoms with E-state index in [9.17, 15) is 9.59 Å². The van der Waals surface area contributed by atoms with Gasteiger partial charge in [0.2, 0.25) is 17.7 Å². The van der Waals surface area contributed by atoms with Crippen LogP contribution in [0.5, 0.6) is 11.6 Å². The molecule has 2 aliphatic carbocycles. The normalized spacial score (nSPS) is 19.7. The van der Waals surface area contributed by atoms with Crippen molar-refractivity contribution in [2.24, 2.45) is 11.3 Å². The lowest BCUT2D eigenvalue weighted by atomic mass is 10.0. The molecule has 1 spiro atoms. The van der Waals surface area contributed by atoms with Crippen molar-refractivity contribution < 1.29 is 23.5 Å². The van der Waals surface area contributed by atoms with Crippen molar-refractivity contribution in [2.75, 3.05) is 23.7 Å². The number of likely N-dealkylation sites (tertiary alicyclic amines) is 1. The Hall–Kier alpha value is -4.80.